The Morgan fingerprint density at radius 2 is 1.87 bits per heavy atom. The minimum Gasteiger partial charge on any atom is -0.480 e. The molecule has 1 saturated heterocycles. The minimum absolute atomic E-state index is 0.0123. The summed E-state index contributed by atoms with van der Waals surface area (Å²) in [5.41, 5.74) is 3.86. The zero-order valence-corrected chi connectivity index (χ0v) is 29.1. The van der Waals surface area contributed by atoms with Gasteiger partial charge < -0.3 is 29.6 Å². The van der Waals surface area contributed by atoms with Gasteiger partial charge in [0.1, 0.15) is 17.3 Å². The number of nitrogens with zero attached hydrogens (tertiary/aromatic N) is 6. The van der Waals surface area contributed by atoms with Crippen LogP contribution in [0.1, 0.15) is 40.2 Å². The SMILES string of the molecule is COc1nc(CN2CCc3c(-c4cccc(-c5nc6cc(CNCC(=O)O)cc(C#N)c6o5)c4Cl)cccc32)c(C(F)(F)F)nc1CN1CC[C@@H](O)C1. The van der Waals surface area contributed by atoms with E-state index in [9.17, 15) is 28.3 Å². The molecule has 2 aromatic heterocycles. The number of benzene rings is 3. The van der Waals surface area contributed by atoms with E-state index in [0.29, 0.717) is 59.7 Å². The van der Waals surface area contributed by atoms with Gasteiger partial charge in [-0.2, -0.15) is 18.4 Å². The molecule has 1 fully saturated rings. The number of aliphatic hydroxyl groups excluding tert-OH is 1. The summed E-state index contributed by atoms with van der Waals surface area (Å²) in [6.45, 7) is 1.15. The van der Waals surface area contributed by atoms with Gasteiger partial charge >= 0.3 is 12.1 Å². The number of aromatic nitrogens is 3. The maximum absolute atomic E-state index is 14.4. The normalized spacial score (nSPS) is 15.9. The molecule has 0 bridgehead atoms. The highest BCUT2D eigenvalue weighted by atomic mass is 35.5. The zero-order valence-electron chi connectivity index (χ0n) is 28.4. The summed E-state index contributed by atoms with van der Waals surface area (Å²) in [5.74, 6) is -0.809. The van der Waals surface area contributed by atoms with E-state index in [1.54, 1.807) is 24.3 Å². The number of nitriles is 1. The molecule has 16 heteroatoms. The summed E-state index contributed by atoms with van der Waals surface area (Å²) in [6.07, 6.45) is -4.24. The molecule has 7 rings (SSSR count). The van der Waals surface area contributed by atoms with Crippen LogP contribution in [0.25, 0.3) is 33.7 Å². The van der Waals surface area contributed by atoms with E-state index >= 15 is 0 Å². The van der Waals surface area contributed by atoms with Crippen LogP contribution in [0, 0.1) is 11.3 Å². The molecule has 4 heterocycles. The number of methoxy groups -OCH3 is 1. The first-order valence-electron chi connectivity index (χ1n) is 16.8. The standard InChI is InChI=1S/C37H33ClF3N7O5/c1-52-36-29(18-47-10-8-22(49)17-47)44-34(37(39,40)41)28(46-36)19-48-11-9-24-23(4-3-7-30(24)48)25-5-2-6-26(32(25)38)35-45-27-13-20(15-43-16-31(50)51)12-21(14-42)33(27)53-35/h2-7,12-13,22,43,49H,8-11,15-19H2,1H3,(H,50,51)/t22-/m1/s1. The van der Waals surface area contributed by atoms with Gasteiger partial charge in [0.05, 0.1) is 48.1 Å². The fourth-order valence-corrected chi connectivity index (χ4v) is 7.28. The van der Waals surface area contributed by atoms with Crippen LogP contribution in [0.3, 0.4) is 0 Å². The Bertz CT molecular complexity index is 2260. The number of halogens is 4. The van der Waals surface area contributed by atoms with E-state index < -0.39 is 23.9 Å². The number of rotatable bonds is 11. The lowest BCUT2D eigenvalue weighted by Gasteiger charge is -2.23. The number of carboxylic acids is 1. The third kappa shape index (κ3) is 7.36. The van der Waals surface area contributed by atoms with Crippen LogP contribution in [-0.4, -0.2) is 75.4 Å². The van der Waals surface area contributed by atoms with Crippen molar-refractivity contribution >= 4 is 34.4 Å². The molecule has 53 heavy (non-hydrogen) atoms. The van der Waals surface area contributed by atoms with Crippen molar-refractivity contribution < 1.29 is 37.3 Å². The molecule has 3 aromatic carbocycles. The highest BCUT2D eigenvalue weighted by Crippen LogP contribution is 2.43. The van der Waals surface area contributed by atoms with Crippen LogP contribution in [0.4, 0.5) is 18.9 Å². The summed E-state index contributed by atoms with van der Waals surface area (Å²) in [6, 6.07) is 16.4. The van der Waals surface area contributed by atoms with E-state index in [1.165, 1.54) is 7.11 Å². The summed E-state index contributed by atoms with van der Waals surface area (Å²) < 4.78 is 54.8. The number of carbonyl (C=O) groups is 1. The smallest absolute Gasteiger partial charge is 0.435 e. The molecular formula is C37H33ClF3N7O5. The summed E-state index contributed by atoms with van der Waals surface area (Å²) in [7, 11) is 1.35. The van der Waals surface area contributed by atoms with Gasteiger partial charge in [-0.05, 0) is 53.8 Å². The van der Waals surface area contributed by atoms with E-state index in [2.05, 4.69) is 26.3 Å². The lowest BCUT2D eigenvalue weighted by molar-refractivity contribution is -0.142. The van der Waals surface area contributed by atoms with Crippen molar-refractivity contribution in [1.82, 2.24) is 25.2 Å². The van der Waals surface area contributed by atoms with Gasteiger partial charge in [-0.25, -0.2) is 15.0 Å². The second kappa shape index (κ2) is 14.6. The molecule has 274 valence electrons. The number of hydrogen-bond acceptors (Lipinski definition) is 11. The quantitative estimate of drug-likeness (QED) is 0.149. The van der Waals surface area contributed by atoms with Crippen LogP contribution >= 0.6 is 11.6 Å². The maximum Gasteiger partial charge on any atom is 0.435 e. The zero-order chi connectivity index (χ0) is 37.4. The molecule has 0 spiro atoms. The molecule has 5 aromatic rings. The second-order valence-corrected chi connectivity index (χ2v) is 13.3. The first kappa shape index (κ1) is 36.1. The largest absolute Gasteiger partial charge is 0.480 e. The predicted octanol–water partition coefficient (Wildman–Crippen LogP) is 5.81. The number of carboxylic acid groups (broad SMARTS) is 1. The average Bonchev–Trinajstić information content (AvgIpc) is 3.86. The number of oxazole rings is 1. The monoisotopic (exact) mass is 747 g/mol. The summed E-state index contributed by atoms with van der Waals surface area (Å²) >= 11 is 7.05. The number of nitrogens with one attached hydrogen (secondary N) is 1. The second-order valence-electron chi connectivity index (χ2n) is 12.9. The lowest BCUT2D eigenvalue weighted by atomic mass is 9.96. The molecule has 0 radical (unpaired) electrons. The summed E-state index contributed by atoms with van der Waals surface area (Å²) in [5, 5.41) is 31.8. The number of aliphatic carboxylic acids is 1. The van der Waals surface area contributed by atoms with Gasteiger partial charge in [0.2, 0.25) is 11.8 Å². The Kier molecular flexibility index (Phi) is 9.97. The van der Waals surface area contributed by atoms with Crippen LogP contribution in [0.2, 0.25) is 5.02 Å². The van der Waals surface area contributed by atoms with Gasteiger partial charge in [0.15, 0.2) is 11.3 Å². The number of hydrogen-bond donors (Lipinski definition) is 3. The van der Waals surface area contributed by atoms with Crippen molar-refractivity contribution in [2.75, 3.05) is 38.2 Å². The Labute approximate surface area is 306 Å². The van der Waals surface area contributed by atoms with E-state index in [0.717, 1.165) is 16.8 Å². The fourth-order valence-electron chi connectivity index (χ4n) is 6.97. The first-order chi connectivity index (χ1) is 25.4. The maximum atomic E-state index is 14.4. The number of fused-ring (bicyclic) bond motifs is 2. The molecule has 2 aliphatic rings. The molecule has 0 amide bonds. The molecule has 1 atom stereocenters. The Hall–Kier alpha value is -5.27. The van der Waals surface area contributed by atoms with E-state index in [1.807, 2.05) is 34.1 Å². The van der Waals surface area contributed by atoms with Crippen molar-refractivity contribution in [3.63, 3.8) is 0 Å². The van der Waals surface area contributed by atoms with Gasteiger partial charge in [0, 0.05) is 44.0 Å². The third-order valence-electron chi connectivity index (χ3n) is 9.35. The third-order valence-corrected chi connectivity index (χ3v) is 9.75. The molecule has 2 aliphatic heterocycles. The number of aliphatic hydroxyl groups is 1. The van der Waals surface area contributed by atoms with Crippen molar-refractivity contribution in [3.05, 3.63) is 87.3 Å². The van der Waals surface area contributed by atoms with E-state index in [4.69, 9.17) is 25.9 Å². The van der Waals surface area contributed by atoms with Crippen LogP contribution in [0.5, 0.6) is 5.88 Å². The van der Waals surface area contributed by atoms with Crippen LogP contribution < -0.4 is 15.0 Å². The highest BCUT2D eigenvalue weighted by molar-refractivity contribution is 6.36. The van der Waals surface area contributed by atoms with Crippen molar-refractivity contribution in [2.24, 2.45) is 0 Å². The van der Waals surface area contributed by atoms with Gasteiger partial charge in [0.25, 0.3) is 0 Å². The topological polar surface area (TPSA) is 161 Å². The van der Waals surface area contributed by atoms with Gasteiger partial charge in [-0.15, -0.1) is 0 Å². The Morgan fingerprint density at radius 1 is 1.09 bits per heavy atom. The van der Waals surface area contributed by atoms with Crippen molar-refractivity contribution in [2.45, 2.75) is 44.8 Å². The number of likely N-dealkylation sites (tertiary alicyclic amines) is 1. The van der Waals surface area contributed by atoms with Crippen LogP contribution in [-0.2, 0) is 37.0 Å². The van der Waals surface area contributed by atoms with Crippen molar-refractivity contribution in [3.8, 4) is 34.5 Å². The highest BCUT2D eigenvalue weighted by Gasteiger charge is 2.39. The predicted molar refractivity (Wildman–Crippen MR) is 188 cm³/mol. The lowest BCUT2D eigenvalue weighted by Crippen LogP contribution is -2.27. The Morgan fingerprint density at radius 3 is 2.58 bits per heavy atom. The van der Waals surface area contributed by atoms with Gasteiger partial charge in [-0.1, -0.05) is 35.9 Å². The molecule has 12 nitrogen and oxygen atoms in total. The fraction of sp³-hybridized carbons (Fsp3) is 0.324. The number of alkyl halides is 3. The molecule has 0 unspecified atom stereocenters. The molecular weight excluding hydrogens is 715 g/mol. The number of ether oxygens (including phenoxy) is 1. The number of β-amino-alcohol motifs (C(OH)–C–C–N with tert-alkyl or cyclic N) is 1. The Balaban J connectivity index is 1.19. The molecule has 3 N–H and O–H groups in total. The van der Waals surface area contributed by atoms with Gasteiger partial charge in [-0.3, -0.25) is 9.69 Å². The van der Waals surface area contributed by atoms with Crippen LogP contribution in [0.15, 0.2) is 52.9 Å². The minimum atomic E-state index is -4.76. The van der Waals surface area contributed by atoms with E-state index in [-0.39, 0.29) is 60.5 Å². The molecule has 0 aliphatic carbocycles. The first-order valence-corrected chi connectivity index (χ1v) is 17.1. The molecule has 0 saturated carbocycles. The average molecular weight is 748 g/mol. The summed E-state index contributed by atoms with van der Waals surface area (Å²) in [4.78, 5) is 27.6. The van der Waals surface area contributed by atoms with Crippen molar-refractivity contribution in [1.29, 1.82) is 5.26 Å². The number of anilines is 1.